The number of fused-ring (bicyclic) bond motifs is 1. The summed E-state index contributed by atoms with van der Waals surface area (Å²) in [6.07, 6.45) is 0. The topological polar surface area (TPSA) is 72.2 Å². The van der Waals surface area contributed by atoms with Crippen LogP contribution in [0.2, 0.25) is 0 Å². The molecule has 0 saturated heterocycles. The molecule has 0 heterocycles. The van der Waals surface area contributed by atoms with Crippen molar-refractivity contribution < 1.29 is 8.42 Å². The van der Waals surface area contributed by atoms with Gasteiger partial charge in [-0.25, -0.2) is 5.14 Å². The number of benzene rings is 2. The van der Waals surface area contributed by atoms with Crippen LogP contribution < -0.4 is 9.86 Å². The molecule has 0 unspecified atom stereocenters. The van der Waals surface area contributed by atoms with E-state index >= 15 is 0 Å². The molecule has 2 aromatic carbocycles. The van der Waals surface area contributed by atoms with Crippen molar-refractivity contribution in [2.24, 2.45) is 5.14 Å². The van der Waals surface area contributed by atoms with Crippen molar-refractivity contribution in [2.75, 3.05) is 4.72 Å². The maximum absolute atomic E-state index is 10.8. The van der Waals surface area contributed by atoms with Crippen molar-refractivity contribution in [3.05, 3.63) is 42.5 Å². The van der Waals surface area contributed by atoms with Crippen LogP contribution in [0.3, 0.4) is 0 Å². The smallest absolute Gasteiger partial charge is 0.271 e. The number of rotatable bonds is 2. The molecule has 4 nitrogen and oxygen atoms in total. The van der Waals surface area contributed by atoms with Crippen LogP contribution in [-0.4, -0.2) is 8.42 Å². The molecule has 0 aliphatic heterocycles. The van der Waals surface area contributed by atoms with E-state index < -0.39 is 10.2 Å². The molecule has 5 heteroatoms. The average molecular weight is 222 g/mol. The molecular formula is C10H10N2O2S. The summed E-state index contributed by atoms with van der Waals surface area (Å²) in [5.41, 5.74) is 0.469. The fourth-order valence-corrected chi connectivity index (χ4v) is 1.87. The van der Waals surface area contributed by atoms with Gasteiger partial charge in [0.1, 0.15) is 0 Å². The summed E-state index contributed by atoms with van der Waals surface area (Å²) in [7, 11) is -3.70. The summed E-state index contributed by atoms with van der Waals surface area (Å²) in [6, 6.07) is 12.9. The molecule has 0 saturated carbocycles. The number of hydrogen-bond acceptors (Lipinski definition) is 2. The molecule has 0 aliphatic carbocycles. The van der Waals surface area contributed by atoms with Gasteiger partial charge in [-0.15, -0.1) is 0 Å². The lowest BCUT2D eigenvalue weighted by Crippen LogP contribution is -2.21. The lowest BCUT2D eigenvalue weighted by molar-refractivity contribution is 0.603. The molecule has 0 aliphatic rings. The first-order valence-electron chi connectivity index (χ1n) is 4.34. The molecule has 0 radical (unpaired) electrons. The molecule has 0 bridgehead atoms. The van der Waals surface area contributed by atoms with Gasteiger partial charge in [-0.2, -0.15) is 8.42 Å². The third kappa shape index (κ3) is 2.45. The Morgan fingerprint density at radius 3 is 2.33 bits per heavy atom. The van der Waals surface area contributed by atoms with Gasteiger partial charge in [0.25, 0.3) is 10.2 Å². The average Bonchev–Trinajstić information content (AvgIpc) is 2.15. The molecule has 0 aromatic heterocycles. The van der Waals surface area contributed by atoms with Crippen molar-refractivity contribution in [1.29, 1.82) is 0 Å². The van der Waals surface area contributed by atoms with Gasteiger partial charge in [-0.1, -0.05) is 30.3 Å². The van der Waals surface area contributed by atoms with E-state index in [0.717, 1.165) is 10.8 Å². The Morgan fingerprint density at radius 2 is 1.67 bits per heavy atom. The minimum absolute atomic E-state index is 0.469. The van der Waals surface area contributed by atoms with Gasteiger partial charge < -0.3 is 0 Å². The third-order valence-electron chi connectivity index (χ3n) is 2.01. The maximum atomic E-state index is 10.8. The zero-order chi connectivity index (χ0) is 10.9. The summed E-state index contributed by atoms with van der Waals surface area (Å²) >= 11 is 0. The first kappa shape index (κ1) is 9.95. The van der Waals surface area contributed by atoms with Crippen molar-refractivity contribution in [3.8, 4) is 0 Å². The summed E-state index contributed by atoms with van der Waals surface area (Å²) in [5, 5.41) is 6.89. The Kier molecular flexibility index (Phi) is 2.34. The summed E-state index contributed by atoms with van der Waals surface area (Å²) in [4.78, 5) is 0. The number of hydrogen-bond donors (Lipinski definition) is 2. The second kappa shape index (κ2) is 3.52. The molecule has 0 fully saturated rings. The Labute approximate surface area is 87.9 Å². The van der Waals surface area contributed by atoms with Crippen LogP contribution in [0.25, 0.3) is 10.8 Å². The van der Waals surface area contributed by atoms with Crippen molar-refractivity contribution in [3.63, 3.8) is 0 Å². The maximum Gasteiger partial charge on any atom is 0.296 e. The lowest BCUT2D eigenvalue weighted by Gasteiger charge is -2.04. The summed E-state index contributed by atoms with van der Waals surface area (Å²) < 4.78 is 23.8. The Morgan fingerprint density at radius 1 is 1.00 bits per heavy atom. The van der Waals surface area contributed by atoms with Gasteiger partial charge in [0, 0.05) is 0 Å². The molecule has 0 amide bonds. The van der Waals surface area contributed by atoms with Crippen molar-refractivity contribution in [1.82, 2.24) is 0 Å². The molecule has 78 valence electrons. The van der Waals surface area contributed by atoms with E-state index in [0.29, 0.717) is 5.69 Å². The lowest BCUT2D eigenvalue weighted by atomic mass is 10.1. The predicted octanol–water partition coefficient (Wildman–Crippen LogP) is 1.46. The number of nitrogens with two attached hydrogens (primary N) is 1. The van der Waals surface area contributed by atoms with Crippen LogP contribution in [0.5, 0.6) is 0 Å². The summed E-state index contributed by atoms with van der Waals surface area (Å²) in [6.45, 7) is 0. The molecule has 3 N–H and O–H groups in total. The molecular weight excluding hydrogens is 212 g/mol. The zero-order valence-electron chi connectivity index (χ0n) is 7.84. The molecule has 0 atom stereocenters. The normalized spacial score (nSPS) is 11.5. The molecule has 2 aromatic rings. The van der Waals surface area contributed by atoms with Gasteiger partial charge in [0.2, 0.25) is 0 Å². The second-order valence-corrected chi connectivity index (χ2v) is 4.50. The van der Waals surface area contributed by atoms with Gasteiger partial charge >= 0.3 is 0 Å². The highest BCUT2D eigenvalue weighted by molar-refractivity contribution is 7.90. The van der Waals surface area contributed by atoms with E-state index in [1.807, 2.05) is 30.3 Å². The predicted molar refractivity (Wildman–Crippen MR) is 60.7 cm³/mol. The standard InChI is InChI=1S/C10H10N2O2S/c11-15(13,14)12-10-6-5-8-3-1-2-4-9(8)7-10/h1-7,12H,(H2,11,13,14). The Bertz CT molecular complexity index is 593. The molecule has 2 rings (SSSR count). The molecule has 15 heavy (non-hydrogen) atoms. The first-order valence-corrected chi connectivity index (χ1v) is 5.88. The highest BCUT2D eigenvalue weighted by atomic mass is 32.2. The van der Waals surface area contributed by atoms with Gasteiger partial charge in [-0.3, -0.25) is 4.72 Å². The van der Waals surface area contributed by atoms with Crippen LogP contribution in [0.4, 0.5) is 5.69 Å². The fourth-order valence-electron chi connectivity index (χ4n) is 1.42. The SMILES string of the molecule is NS(=O)(=O)Nc1ccc2ccccc2c1. The Balaban J connectivity index is 2.48. The van der Waals surface area contributed by atoms with Crippen LogP contribution >= 0.6 is 0 Å². The highest BCUT2D eigenvalue weighted by Gasteiger charge is 2.02. The monoisotopic (exact) mass is 222 g/mol. The van der Waals surface area contributed by atoms with E-state index in [1.165, 1.54) is 0 Å². The van der Waals surface area contributed by atoms with Crippen molar-refractivity contribution >= 4 is 26.7 Å². The van der Waals surface area contributed by atoms with Crippen LogP contribution in [0.1, 0.15) is 0 Å². The Hall–Kier alpha value is -1.59. The molecule has 0 spiro atoms. The van der Waals surface area contributed by atoms with Crippen LogP contribution in [0, 0.1) is 0 Å². The van der Waals surface area contributed by atoms with E-state index in [-0.39, 0.29) is 0 Å². The number of nitrogens with one attached hydrogen (secondary N) is 1. The van der Waals surface area contributed by atoms with Crippen molar-refractivity contribution in [2.45, 2.75) is 0 Å². The zero-order valence-corrected chi connectivity index (χ0v) is 8.66. The fraction of sp³-hybridized carbons (Fsp3) is 0. The summed E-state index contributed by atoms with van der Waals surface area (Å²) in [5.74, 6) is 0. The number of anilines is 1. The minimum Gasteiger partial charge on any atom is -0.271 e. The van der Waals surface area contributed by atoms with Crippen LogP contribution in [0.15, 0.2) is 42.5 Å². The van der Waals surface area contributed by atoms with E-state index in [1.54, 1.807) is 12.1 Å². The first-order chi connectivity index (χ1) is 7.04. The van der Waals surface area contributed by atoms with Crippen LogP contribution in [-0.2, 0) is 10.2 Å². The third-order valence-corrected chi connectivity index (χ3v) is 2.53. The van der Waals surface area contributed by atoms with Gasteiger partial charge in [-0.05, 0) is 22.9 Å². The minimum atomic E-state index is -3.70. The van der Waals surface area contributed by atoms with E-state index in [4.69, 9.17) is 5.14 Å². The van der Waals surface area contributed by atoms with Gasteiger partial charge in [0.05, 0.1) is 5.69 Å². The van der Waals surface area contributed by atoms with Gasteiger partial charge in [0.15, 0.2) is 0 Å². The van der Waals surface area contributed by atoms with E-state index in [2.05, 4.69) is 4.72 Å². The van der Waals surface area contributed by atoms with E-state index in [9.17, 15) is 8.42 Å². The quantitative estimate of drug-likeness (QED) is 0.807. The largest absolute Gasteiger partial charge is 0.296 e. The second-order valence-electron chi connectivity index (χ2n) is 3.21. The highest BCUT2D eigenvalue weighted by Crippen LogP contribution is 2.18.